The van der Waals surface area contributed by atoms with Gasteiger partial charge in [-0.15, -0.1) is 0 Å². The van der Waals surface area contributed by atoms with Crippen molar-refractivity contribution in [3.63, 3.8) is 0 Å². The van der Waals surface area contributed by atoms with Crippen LogP contribution in [0.3, 0.4) is 0 Å². The molecule has 1 fully saturated rings. The molecule has 0 bridgehead atoms. The van der Waals surface area contributed by atoms with Crippen LogP contribution in [0.5, 0.6) is 5.75 Å². The van der Waals surface area contributed by atoms with Crippen LogP contribution in [-0.2, 0) is 10.2 Å². The van der Waals surface area contributed by atoms with Gasteiger partial charge in [0.2, 0.25) is 0 Å². The van der Waals surface area contributed by atoms with E-state index >= 15 is 0 Å². The van der Waals surface area contributed by atoms with Crippen molar-refractivity contribution in [2.75, 3.05) is 7.11 Å². The third kappa shape index (κ3) is 1.48. The van der Waals surface area contributed by atoms with Crippen molar-refractivity contribution >= 4 is 5.97 Å². The molecule has 0 aromatic heterocycles. The van der Waals surface area contributed by atoms with Crippen LogP contribution in [0, 0.1) is 6.92 Å². The Bertz CT molecular complexity index is 405. The molecule has 0 aliphatic heterocycles. The number of carboxylic acid groups (broad SMARTS) is 1. The molecule has 1 aliphatic rings. The van der Waals surface area contributed by atoms with E-state index in [0.29, 0.717) is 0 Å². The average molecular weight is 206 g/mol. The smallest absolute Gasteiger partial charge is 0.314 e. The molecular weight excluding hydrogens is 192 g/mol. The van der Waals surface area contributed by atoms with Crippen molar-refractivity contribution in [1.29, 1.82) is 0 Å². The maximum atomic E-state index is 11.1. The molecule has 0 radical (unpaired) electrons. The molecule has 1 aromatic carbocycles. The van der Waals surface area contributed by atoms with Gasteiger partial charge in [0.25, 0.3) is 0 Å². The maximum absolute atomic E-state index is 11.1. The SMILES string of the molecule is COc1cc(C2(C(=O)O)CC2)ccc1C. The van der Waals surface area contributed by atoms with E-state index in [9.17, 15) is 4.79 Å². The first-order valence-corrected chi connectivity index (χ1v) is 4.99. The Kier molecular flexibility index (Phi) is 2.18. The Labute approximate surface area is 88.7 Å². The first kappa shape index (κ1) is 10.0. The first-order valence-electron chi connectivity index (χ1n) is 4.99. The molecule has 15 heavy (non-hydrogen) atoms. The molecular formula is C12H14O3. The van der Waals surface area contributed by atoms with Crippen LogP contribution in [0.25, 0.3) is 0 Å². The molecule has 0 unspecified atom stereocenters. The molecule has 2 rings (SSSR count). The Morgan fingerprint density at radius 1 is 1.47 bits per heavy atom. The number of hydrogen-bond acceptors (Lipinski definition) is 2. The van der Waals surface area contributed by atoms with Gasteiger partial charge in [-0.1, -0.05) is 12.1 Å². The largest absolute Gasteiger partial charge is 0.496 e. The van der Waals surface area contributed by atoms with E-state index in [4.69, 9.17) is 9.84 Å². The first-order chi connectivity index (χ1) is 7.10. The summed E-state index contributed by atoms with van der Waals surface area (Å²) in [6, 6.07) is 5.65. The summed E-state index contributed by atoms with van der Waals surface area (Å²) in [5.41, 5.74) is 1.25. The second-order valence-electron chi connectivity index (χ2n) is 4.07. The molecule has 1 saturated carbocycles. The minimum Gasteiger partial charge on any atom is -0.496 e. The predicted molar refractivity (Wildman–Crippen MR) is 56.3 cm³/mol. The number of benzene rings is 1. The minimum absolute atomic E-state index is 0.638. The Hall–Kier alpha value is -1.51. The van der Waals surface area contributed by atoms with Crippen molar-refractivity contribution in [2.45, 2.75) is 25.2 Å². The van der Waals surface area contributed by atoms with Gasteiger partial charge in [-0.25, -0.2) is 0 Å². The standard InChI is InChI=1S/C12H14O3/c1-8-3-4-9(7-10(8)15-2)12(5-6-12)11(13)14/h3-4,7H,5-6H2,1-2H3,(H,13,14). The van der Waals surface area contributed by atoms with E-state index in [1.165, 1.54) is 0 Å². The fraction of sp³-hybridized carbons (Fsp3) is 0.417. The molecule has 80 valence electrons. The van der Waals surface area contributed by atoms with Crippen molar-refractivity contribution in [3.8, 4) is 5.75 Å². The highest BCUT2D eigenvalue weighted by atomic mass is 16.5. The van der Waals surface area contributed by atoms with Gasteiger partial charge in [-0.3, -0.25) is 4.79 Å². The summed E-state index contributed by atoms with van der Waals surface area (Å²) in [6.07, 6.45) is 1.46. The lowest BCUT2D eigenvalue weighted by Gasteiger charge is -2.12. The number of ether oxygens (including phenoxy) is 1. The summed E-state index contributed by atoms with van der Waals surface area (Å²) in [6.45, 7) is 1.95. The van der Waals surface area contributed by atoms with Crippen molar-refractivity contribution in [3.05, 3.63) is 29.3 Å². The quantitative estimate of drug-likeness (QED) is 0.824. The molecule has 0 saturated heterocycles. The normalized spacial score (nSPS) is 17.2. The third-order valence-electron chi connectivity index (χ3n) is 3.12. The number of carboxylic acids is 1. The molecule has 0 spiro atoms. The highest BCUT2D eigenvalue weighted by Gasteiger charge is 2.51. The molecule has 0 heterocycles. The van der Waals surface area contributed by atoms with E-state index in [1.54, 1.807) is 7.11 Å². The second-order valence-corrected chi connectivity index (χ2v) is 4.07. The highest BCUT2D eigenvalue weighted by Crippen LogP contribution is 2.49. The molecule has 1 aliphatic carbocycles. The van der Waals surface area contributed by atoms with E-state index < -0.39 is 11.4 Å². The van der Waals surface area contributed by atoms with E-state index in [0.717, 1.165) is 29.7 Å². The maximum Gasteiger partial charge on any atom is 0.314 e. The van der Waals surface area contributed by atoms with Crippen molar-refractivity contribution < 1.29 is 14.6 Å². The van der Waals surface area contributed by atoms with Crippen molar-refractivity contribution in [2.24, 2.45) is 0 Å². The van der Waals surface area contributed by atoms with Gasteiger partial charge in [0.1, 0.15) is 5.75 Å². The number of methoxy groups -OCH3 is 1. The van der Waals surface area contributed by atoms with E-state index in [1.807, 2.05) is 25.1 Å². The Morgan fingerprint density at radius 3 is 2.60 bits per heavy atom. The molecule has 0 atom stereocenters. The Morgan fingerprint density at radius 2 is 2.13 bits per heavy atom. The zero-order chi connectivity index (χ0) is 11.1. The van der Waals surface area contributed by atoms with Crippen LogP contribution in [0.1, 0.15) is 24.0 Å². The zero-order valence-corrected chi connectivity index (χ0v) is 8.91. The van der Waals surface area contributed by atoms with Crippen LogP contribution in [0.4, 0.5) is 0 Å². The van der Waals surface area contributed by atoms with Crippen LogP contribution < -0.4 is 4.74 Å². The van der Waals surface area contributed by atoms with Gasteiger partial charge in [0.15, 0.2) is 0 Å². The van der Waals surface area contributed by atoms with Crippen LogP contribution in [0.15, 0.2) is 18.2 Å². The molecule has 3 nitrogen and oxygen atoms in total. The summed E-state index contributed by atoms with van der Waals surface area (Å²) in [4.78, 5) is 11.1. The lowest BCUT2D eigenvalue weighted by molar-refractivity contribution is -0.140. The van der Waals surface area contributed by atoms with E-state index in [2.05, 4.69) is 0 Å². The average Bonchev–Trinajstić information content (AvgIpc) is 2.99. The van der Waals surface area contributed by atoms with Crippen LogP contribution in [0.2, 0.25) is 0 Å². The monoisotopic (exact) mass is 206 g/mol. The van der Waals surface area contributed by atoms with Gasteiger partial charge in [-0.05, 0) is 37.0 Å². The number of rotatable bonds is 3. The fourth-order valence-corrected chi connectivity index (χ4v) is 1.87. The Balaban J connectivity index is 2.42. The number of aryl methyl sites for hydroxylation is 1. The lowest BCUT2D eigenvalue weighted by atomic mass is 9.95. The predicted octanol–water partition coefficient (Wildman–Crippen LogP) is 2.12. The zero-order valence-electron chi connectivity index (χ0n) is 8.91. The summed E-state index contributed by atoms with van der Waals surface area (Å²) < 4.78 is 5.20. The summed E-state index contributed by atoms with van der Waals surface area (Å²) in [5.74, 6) is 0.0356. The van der Waals surface area contributed by atoms with E-state index in [-0.39, 0.29) is 0 Å². The molecule has 1 N–H and O–H groups in total. The van der Waals surface area contributed by atoms with Crippen LogP contribution in [-0.4, -0.2) is 18.2 Å². The summed E-state index contributed by atoms with van der Waals surface area (Å²) >= 11 is 0. The van der Waals surface area contributed by atoms with Crippen LogP contribution >= 0.6 is 0 Å². The molecule has 0 amide bonds. The lowest BCUT2D eigenvalue weighted by Crippen LogP contribution is -2.19. The fourth-order valence-electron chi connectivity index (χ4n) is 1.87. The number of carbonyl (C=O) groups is 1. The minimum atomic E-state index is -0.728. The topological polar surface area (TPSA) is 46.5 Å². The summed E-state index contributed by atoms with van der Waals surface area (Å²) in [5, 5.41) is 9.15. The van der Waals surface area contributed by atoms with Gasteiger partial charge in [0, 0.05) is 0 Å². The third-order valence-corrected chi connectivity index (χ3v) is 3.12. The van der Waals surface area contributed by atoms with Crippen molar-refractivity contribution in [1.82, 2.24) is 0 Å². The molecule has 1 aromatic rings. The summed E-state index contributed by atoms with van der Waals surface area (Å²) in [7, 11) is 1.60. The highest BCUT2D eigenvalue weighted by molar-refractivity contribution is 5.85. The number of hydrogen-bond donors (Lipinski definition) is 1. The molecule has 3 heteroatoms. The second kappa shape index (κ2) is 3.26. The van der Waals surface area contributed by atoms with Gasteiger partial charge in [0.05, 0.1) is 12.5 Å². The van der Waals surface area contributed by atoms with Gasteiger partial charge in [-0.2, -0.15) is 0 Å². The number of aliphatic carboxylic acids is 1. The van der Waals surface area contributed by atoms with Gasteiger partial charge >= 0.3 is 5.97 Å². The van der Waals surface area contributed by atoms with Gasteiger partial charge < -0.3 is 9.84 Å².